The standard InChI is InChI=1S/C33H37N5O3S/c1-26-23-36(19-20-37(26)32(40)25-41-24-28-14-7-3-8-15-28)31(39)18-11-21-42-33-35-34-30(22-27-12-5-2-6-13-27)38(33)29-16-9-4-10-17-29/h2-10,12-17,26H,11,18-25H2,1H3. The van der Waals surface area contributed by atoms with Crippen LogP contribution in [0.15, 0.2) is 96.2 Å². The number of amides is 2. The Morgan fingerprint density at radius 2 is 1.52 bits per heavy atom. The van der Waals surface area contributed by atoms with Gasteiger partial charge in [0.1, 0.15) is 12.4 Å². The number of para-hydroxylation sites is 1. The molecule has 0 aliphatic carbocycles. The fraction of sp³-hybridized carbons (Fsp3) is 0.333. The van der Waals surface area contributed by atoms with Crippen molar-refractivity contribution < 1.29 is 14.3 Å². The highest BCUT2D eigenvalue weighted by atomic mass is 32.2. The summed E-state index contributed by atoms with van der Waals surface area (Å²) in [5.74, 6) is 1.74. The molecule has 0 saturated carbocycles. The summed E-state index contributed by atoms with van der Waals surface area (Å²) in [5, 5.41) is 9.84. The largest absolute Gasteiger partial charge is 0.367 e. The van der Waals surface area contributed by atoms with Crippen LogP contribution < -0.4 is 0 Å². The lowest BCUT2D eigenvalue weighted by atomic mass is 10.1. The molecule has 1 saturated heterocycles. The molecular formula is C33H37N5O3S. The maximum atomic E-state index is 13.0. The molecule has 0 bridgehead atoms. The van der Waals surface area contributed by atoms with Crippen LogP contribution in [0, 0.1) is 0 Å². The summed E-state index contributed by atoms with van der Waals surface area (Å²) in [7, 11) is 0. The summed E-state index contributed by atoms with van der Waals surface area (Å²) >= 11 is 1.62. The Labute approximate surface area is 251 Å². The molecule has 1 unspecified atom stereocenters. The summed E-state index contributed by atoms with van der Waals surface area (Å²) in [5.41, 5.74) is 3.25. The van der Waals surface area contributed by atoms with Crippen molar-refractivity contribution in [2.45, 2.75) is 44.0 Å². The molecule has 0 N–H and O–H groups in total. The molecule has 0 spiro atoms. The molecule has 1 aliphatic rings. The minimum absolute atomic E-state index is 0.0314. The van der Waals surface area contributed by atoms with Crippen molar-refractivity contribution in [3.63, 3.8) is 0 Å². The zero-order chi connectivity index (χ0) is 29.1. The van der Waals surface area contributed by atoms with Gasteiger partial charge in [0.05, 0.1) is 6.61 Å². The lowest BCUT2D eigenvalue weighted by molar-refractivity contribution is -0.145. The van der Waals surface area contributed by atoms with Gasteiger partial charge in [0, 0.05) is 50.0 Å². The van der Waals surface area contributed by atoms with E-state index in [-0.39, 0.29) is 24.5 Å². The second-order valence-corrected chi connectivity index (χ2v) is 11.5. The number of ether oxygens (including phenoxy) is 1. The van der Waals surface area contributed by atoms with Crippen LogP contribution >= 0.6 is 11.8 Å². The van der Waals surface area contributed by atoms with Gasteiger partial charge in [-0.2, -0.15) is 0 Å². The van der Waals surface area contributed by atoms with E-state index in [4.69, 9.17) is 4.74 Å². The zero-order valence-corrected chi connectivity index (χ0v) is 24.8. The number of nitrogens with zero attached hydrogens (tertiary/aromatic N) is 5. The molecule has 5 rings (SSSR count). The molecule has 1 fully saturated rings. The van der Waals surface area contributed by atoms with E-state index in [1.807, 2.05) is 83.5 Å². The van der Waals surface area contributed by atoms with Crippen molar-refractivity contribution in [2.24, 2.45) is 0 Å². The van der Waals surface area contributed by atoms with E-state index in [1.54, 1.807) is 11.8 Å². The fourth-order valence-electron chi connectivity index (χ4n) is 5.14. The molecule has 42 heavy (non-hydrogen) atoms. The molecule has 4 aromatic rings. The first-order valence-corrected chi connectivity index (χ1v) is 15.4. The normalized spacial score (nSPS) is 15.1. The molecular weight excluding hydrogens is 546 g/mol. The maximum Gasteiger partial charge on any atom is 0.248 e. The number of hydrogen-bond donors (Lipinski definition) is 0. The van der Waals surface area contributed by atoms with Gasteiger partial charge < -0.3 is 14.5 Å². The highest BCUT2D eigenvalue weighted by Crippen LogP contribution is 2.24. The van der Waals surface area contributed by atoms with Crippen LogP contribution in [0.2, 0.25) is 0 Å². The lowest BCUT2D eigenvalue weighted by Gasteiger charge is -2.40. The highest BCUT2D eigenvalue weighted by Gasteiger charge is 2.29. The Hall–Kier alpha value is -3.95. The number of rotatable bonds is 12. The topological polar surface area (TPSA) is 80.6 Å². The van der Waals surface area contributed by atoms with Crippen LogP contribution in [0.5, 0.6) is 0 Å². The van der Waals surface area contributed by atoms with E-state index < -0.39 is 0 Å². The molecule has 9 heteroatoms. The monoisotopic (exact) mass is 583 g/mol. The highest BCUT2D eigenvalue weighted by molar-refractivity contribution is 7.99. The third-order valence-corrected chi connectivity index (χ3v) is 8.34. The summed E-state index contributed by atoms with van der Waals surface area (Å²) in [6.45, 7) is 4.07. The molecule has 0 radical (unpaired) electrons. The fourth-order valence-corrected chi connectivity index (χ4v) is 6.05. The number of hydrogen-bond acceptors (Lipinski definition) is 6. The van der Waals surface area contributed by atoms with Crippen LogP contribution in [0.4, 0.5) is 0 Å². The van der Waals surface area contributed by atoms with Gasteiger partial charge in [-0.05, 0) is 36.6 Å². The predicted octanol–water partition coefficient (Wildman–Crippen LogP) is 5.01. The minimum atomic E-state index is -0.0441. The van der Waals surface area contributed by atoms with Crippen molar-refractivity contribution in [3.05, 3.63) is 108 Å². The summed E-state index contributed by atoms with van der Waals surface area (Å²) < 4.78 is 7.75. The van der Waals surface area contributed by atoms with Crippen LogP contribution in [-0.2, 0) is 27.4 Å². The average Bonchev–Trinajstić information content (AvgIpc) is 3.42. The number of thioether (sulfide) groups is 1. The van der Waals surface area contributed by atoms with E-state index in [1.165, 1.54) is 5.56 Å². The molecule has 8 nitrogen and oxygen atoms in total. The van der Waals surface area contributed by atoms with Gasteiger partial charge >= 0.3 is 0 Å². The number of carbonyl (C=O) groups excluding carboxylic acids is 2. The van der Waals surface area contributed by atoms with Crippen LogP contribution in [0.1, 0.15) is 36.7 Å². The average molecular weight is 584 g/mol. The van der Waals surface area contributed by atoms with Crippen LogP contribution in [0.3, 0.4) is 0 Å². The van der Waals surface area contributed by atoms with Gasteiger partial charge in [-0.3, -0.25) is 14.2 Å². The molecule has 218 valence electrons. The first kappa shape index (κ1) is 29.5. The first-order chi connectivity index (χ1) is 20.6. The van der Waals surface area contributed by atoms with Crippen LogP contribution in [0.25, 0.3) is 5.69 Å². The minimum Gasteiger partial charge on any atom is -0.367 e. The van der Waals surface area contributed by atoms with Gasteiger partial charge in [-0.15, -0.1) is 10.2 Å². The summed E-state index contributed by atoms with van der Waals surface area (Å²) in [6.07, 6.45) is 1.89. The number of piperazine rings is 1. The molecule has 3 aromatic carbocycles. The molecule has 1 aliphatic heterocycles. The zero-order valence-electron chi connectivity index (χ0n) is 24.0. The SMILES string of the molecule is CC1CN(C(=O)CCCSc2nnc(Cc3ccccc3)n2-c2ccccc2)CCN1C(=O)COCc1ccccc1. The third-order valence-electron chi connectivity index (χ3n) is 7.32. The van der Waals surface area contributed by atoms with Crippen LogP contribution in [-0.4, -0.2) is 74.4 Å². The van der Waals surface area contributed by atoms with Gasteiger partial charge in [0.2, 0.25) is 11.8 Å². The van der Waals surface area contributed by atoms with Crippen molar-refractivity contribution in [2.75, 3.05) is 32.0 Å². The summed E-state index contributed by atoms with van der Waals surface area (Å²) in [4.78, 5) is 29.5. The number of aromatic nitrogens is 3. The van der Waals surface area contributed by atoms with Crippen molar-refractivity contribution >= 4 is 23.6 Å². The Morgan fingerprint density at radius 1 is 0.857 bits per heavy atom. The van der Waals surface area contributed by atoms with Gasteiger partial charge in [0.25, 0.3) is 0 Å². The van der Waals surface area contributed by atoms with E-state index in [9.17, 15) is 9.59 Å². The van der Waals surface area contributed by atoms with E-state index in [0.29, 0.717) is 39.1 Å². The predicted molar refractivity (Wildman–Crippen MR) is 164 cm³/mol. The first-order valence-electron chi connectivity index (χ1n) is 14.4. The Bertz CT molecular complexity index is 1430. The van der Waals surface area contributed by atoms with Crippen molar-refractivity contribution in [3.8, 4) is 5.69 Å². The van der Waals surface area contributed by atoms with E-state index in [0.717, 1.165) is 34.4 Å². The molecule has 1 aromatic heterocycles. The molecule has 1 atom stereocenters. The van der Waals surface area contributed by atoms with Crippen molar-refractivity contribution in [1.82, 2.24) is 24.6 Å². The number of benzene rings is 3. The van der Waals surface area contributed by atoms with Gasteiger partial charge in [-0.25, -0.2) is 0 Å². The second-order valence-electron chi connectivity index (χ2n) is 10.4. The Kier molecular flexibility index (Phi) is 10.4. The Morgan fingerprint density at radius 3 is 2.21 bits per heavy atom. The lowest BCUT2D eigenvalue weighted by Crippen LogP contribution is -2.56. The number of carbonyl (C=O) groups is 2. The molecule has 2 heterocycles. The summed E-state index contributed by atoms with van der Waals surface area (Å²) in [6, 6.07) is 30.2. The van der Waals surface area contributed by atoms with Crippen molar-refractivity contribution in [1.29, 1.82) is 0 Å². The smallest absolute Gasteiger partial charge is 0.248 e. The van der Waals surface area contributed by atoms with Gasteiger partial charge in [-0.1, -0.05) is 90.6 Å². The maximum absolute atomic E-state index is 13.0. The second kappa shape index (κ2) is 14.8. The van der Waals surface area contributed by atoms with E-state index in [2.05, 4.69) is 39.0 Å². The third kappa shape index (κ3) is 7.86. The molecule has 2 amide bonds. The quantitative estimate of drug-likeness (QED) is 0.172. The van der Waals surface area contributed by atoms with Gasteiger partial charge in [0.15, 0.2) is 5.16 Å². The Balaban J connectivity index is 1.08. The van der Waals surface area contributed by atoms with E-state index >= 15 is 0 Å².